The van der Waals surface area contributed by atoms with Crippen molar-refractivity contribution in [2.75, 3.05) is 105 Å². The van der Waals surface area contributed by atoms with Crippen LogP contribution in [0.15, 0.2) is 24.3 Å². The molecule has 0 aliphatic carbocycles. The molecule has 0 saturated heterocycles. The summed E-state index contributed by atoms with van der Waals surface area (Å²) in [5.74, 6) is 0.679. The molecule has 47 heavy (non-hydrogen) atoms. The van der Waals surface area contributed by atoms with Crippen molar-refractivity contribution in [1.29, 1.82) is 0 Å². The van der Waals surface area contributed by atoms with Gasteiger partial charge in [-0.3, -0.25) is 0 Å². The number of hydrogen-bond donors (Lipinski definition) is 1. The molecular formula is C38H71NO8. The molecular weight excluding hydrogens is 598 g/mol. The minimum Gasteiger partial charge on any atom is -0.489 e. The third-order valence-electron chi connectivity index (χ3n) is 7.78. The van der Waals surface area contributed by atoms with Crippen LogP contribution in [0.2, 0.25) is 0 Å². The van der Waals surface area contributed by atoms with Crippen LogP contribution in [0.25, 0.3) is 0 Å². The topological polar surface area (TPSA) is 99.9 Å². The molecule has 0 spiro atoms. The van der Waals surface area contributed by atoms with Crippen LogP contribution in [0.3, 0.4) is 0 Å². The van der Waals surface area contributed by atoms with Gasteiger partial charge < -0.3 is 43.6 Å². The van der Waals surface area contributed by atoms with Crippen LogP contribution in [-0.2, 0) is 33.2 Å². The number of unbranched alkanes of at least 4 members (excludes halogenated alkanes) is 15. The average molecular weight is 670 g/mol. The van der Waals surface area contributed by atoms with Crippen molar-refractivity contribution in [3.05, 3.63) is 24.3 Å². The van der Waals surface area contributed by atoms with Crippen molar-refractivity contribution in [1.82, 2.24) is 0 Å². The van der Waals surface area contributed by atoms with Crippen molar-refractivity contribution in [2.24, 2.45) is 0 Å². The zero-order valence-electron chi connectivity index (χ0n) is 30.1. The maximum atomic E-state index is 5.83. The quantitative estimate of drug-likeness (QED) is 0.0552. The zero-order chi connectivity index (χ0) is 33.6. The predicted octanol–water partition coefficient (Wildman–Crippen LogP) is 8.03. The maximum Gasteiger partial charge on any atom is 0.142 e. The molecule has 0 heterocycles. The first-order valence-electron chi connectivity index (χ1n) is 18.9. The third-order valence-corrected chi connectivity index (χ3v) is 7.78. The van der Waals surface area contributed by atoms with E-state index in [1.807, 2.05) is 24.3 Å². The van der Waals surface area contributed by atoms with Gasteiger partial charge in [-0.2, -0.15) is 0 Å². The van der Waals surface area contributed by atoms with Crippen LogP contribution in [-0.4, -0.2) is 99.1 Å². The minimum absolute atomic E-state index is 0.450. The molecule has 0 amide bonds. The molecule has 0 bridgehead atoms. The number of rotatable bonds is 39. The van der Waals surface area contributed by atoms with Gasteiger partial charge in [-0.25, -0.2) is 0 Å². The predicted molar refractivity (Wildman–Crippen MR) is 192 cm³/mol. The first kappa shape index (κ1) is 43.6. The number of ether oxygens (including phenoxy) is 8. The molecule has 1 aromatic rings. The van der Waals surface area contributed by atoms with E-state index in [0.29, 0.717) is 104 Å². The normalized spacial score (nSPS) is 11.4. The number of para-hydroxylation sites is 2. The number of nitrogens with two attached hydrogens (primary N) is 1. The van der Waals surface area contributed by atoms with Crippen LogP contribution >= 0.6 is 0 Å². The fourth-order valence-electron chi connectivity index (χ4n) is 5.00. The summed E-state index contributed by atoms with van der Waals surface area (Å²) < 4.78 is 44.4. The summed E-state index contributed by atoms with van der Waals surface area (Å²) in [5, 5.41) is 0. The summed E-state index contributed by atoms with van der Waals surface area (Å²) >= 11 is 0. The van der Waals surface area contributed by atoms with E-state index < -0.39 is 0 Å². The summed E-state index contributed by atoms with van der Waals surface area (Å²) in [6, 6.07) is 7.42. The summed E-state index contributed by atoms with van der Waals surface area (Å²) in [4.78, 5) is 0. The Bertz CT molecular complexity index is 741. The number of hydrogen-bond acceptors (Lipinski definition) is 9. The fourth-order valence-corrected chi connectivity index (χ4v) is 5.00. The molecule has 2 N–H and O–H groups in total. The molecule has 1 aromatic carbocycles. The van der Waals surface area contributed by atoms with Crippen LogP contribution in [0, 0.1) is 0 Å². The van der Waals surface area contributed by atoms with Crippen LogP contribution in [0.1, 0.15) is 110 Å². The van der Waals surface area contributed by atoms with Gasteiger partial charge in [0.05, 0.1) is 91.6 Å². The second kappa shape index (κ2) is 37.4. The molecule has 9 nitrogen and oxygen atoms in total. The maximum absolute atomic E-state index is 5.83. The Kier molecular flexibility index (Phi) is 34.6. The highest BCUT2D eigenvalue weighted by Gasteiger charge is 1.99. The van der Waals surface area contributed by atoms with Gasteiger partial charge in [0.25, 0.3) is 0 Å². The number of benzene rings is 1. The average Bonchev–Trinajstić information content (AvgIpc) is 3.08. The van der Waals surface area contributed by atoms with Crippen LogP contribution in [0.4, 0.5) is 5.69 Å². The second-order valence-electron chi connectivity index (χ2n) is 12.0. The lowest BCUT2D eigenvalue weighted by atomic mass is 10.0. The molecule has 0 aliphatic heterocycles. The van der Waals surface area contributed by atoms with Gasteiger partial charge in [0.1, 0.15) is 12.4 Å². The minimum atomic E-state index is 0.450. The van der Waals surface area contributed by atoms with Crippen LogP contribution < -0.4 is 10.5 Å². The van der Waals surface area contributed by atoms with E-state index >= 15 is 0 Å². The van der Waals surface area contributed by atoms with Gasteiger partial charge in [-0.05, 0) is 18.6 Å². The third kappa shape index (κ3) is 32.8. The highest BCUT2D eigenvalue weighted by molar-refractivity contribution is 5.51. The summed E-state index contributed by atoms with van der Waals surface area (Å²) in [6.07, 6.45) is 22.2. The molecule has 0 fully saturated rings. The van der Waals surface area contributed by atoms with E-state index in [9.17, 15) is 0 Å². The first-order valence-corrected chi connectivity index (χ1v) is 18.9. The van der Waals surface area contributed by atoms with Crippen molar-refractivity contribution >= 4 is 5.69 Å². The largest absolute Gasteiger partial charge is 0.489 e. The smallest absolute Gasteiger partial charge is 0.142 e. The lowest BCUT2D eigenvalue weighted by Gasteiger charge is -2.09. The number of nitrogen functional groups attached to an aromatic ring is 1. The standard InChI is InChI=1S/C38H71NO8/c1-2-3-4-5-6-7-8-9-10-11-12-13-14-15-16-19-22-40-23-24-41-25-26-42-27-28-43-29-30-44-31-32-45-33-34-46-35-36-47-38-21-18-17-20-37(38)39/h17-18,20-21H,2-16,19,22-36,39H2,1H3. The van der Waals surface area contributed by atoms with Gasteiger partial charge >= 0.3 is 0 Å². The number of anilines is 1. The van der Waals surface area contributed by atoms with Crippen molar-refractivity contribution in [3.63, 3.8) is 0 Å². The molecule has 9 heteroatoms. The summed E-state index contributed by atoms with van der Waals surface area (Å²) in [5.41, 5.74) is 6.46. The SMILES string of the molecule is CCCCCCCCCCCCCCCCCCOCCOCCOCCOCCOCCOCCOCCOc1ccccc1N. The van der Waals surface area contributed by atoms with Crippen molar-refractivity contribution in [3.8, 4) is 5.75 Å². The molecule has 1 rings (SSSR count). The van der Waals surface area contributed by atoms with Gasteiger partial charge in [0, 0.05) is 6.61 Å². The lowest BCUT2D eigenvalue weighted by molar-refractivity contribution is -0.0212. The summed E-state index contributed by atoms with van der Waals surface area (Å²) in [6.45, 7) is 10.7. The van der Waals surface area contributed by atoms with E-state index in [2.05, 4.69) is 6.92 Å². The summed E-state index contributed by atoms with van der Waals surface area (Å²) in [7, 11) is 0. The van der Waals surface area contributed by atoms with E-state index in [1.165, 1.54) is 96.3 Å². The lowest BCUT2D eigenvalue weighted by Crippen LogP contribution is -2.15. The zero-order valence-corrected chi connectivity index (χ0v) is 30.1. The Morgan fingerprint density at radius 1 is 0.362 bits per heavy atom. The Labute approximate surface area is 287 Å². The second-order valence-corrected chi connectivity index (χ2v) is 12.0. The molecule has 0 aliphatic rings. The Hall–Kier alpha value is -1.46. The first-order chi connectivity index (χ1) is 23.3. The van der Waals surface area contributed by atoms with Gasteiger partial charge in [0.2, 0.25) is 0 Å². The van der Waals surface area contributed by atoms with E-state index in [1.54, 1.807) is 0 Å². The fraction of sp³-hybridized carbons (Fsp3) is 0.842. The molecule has 0 unspecified atom stereocenters. The molecule has 0 aromatic heterocycles. The van der Waals surface area contributed by atoms with Crippen molar-refractivity contribution in [2.45, 2.75) is 110 Å². The molecule has 0 radical (unpaired) electrons. The highest BCUT2D eigenvalue weighted by atomic mass is 16.6. The van der Waals surface area contributed by atoms with E-state index in [4.69, 9.17) is 43.6 Å². The highest BCUT2D eigenvalue weighted by Crippen LogP contribution is 2.19. The van der Waals surface area contributed by atoms with E-state index in [0.717, 1.165) is 13.0 Å². The van der Waals surface area contributed by atoms with Gasteiger partial charge in [-0.1, -0.05) is 115 Å². The van der Waals surface area contributed by atoms with E-state index in [-0.39, 0.29) is 0 Å². The monoisotopic (exact) mass is 670 g/mol. The van der Waals surface area contributed by atoms with Gasteiger partial charge in [0.15, 0.2) is 0 Å². The molecule has 0 atom stereocenters. The Morgan fingerprint density at radius 2 is 0.660 bits per heavy atom. The van der Waals surface area contributed by atoms with Crippen LogP contribution in [0.5, 0.6) is 5.75 Å². The Morgan fingerprint density at radius 3 is 1.02 bits per heavy atom. The van der Waals surface area contributed by atoms with Crippen molar-refractivity contribution < 1.29 is 37.9 Å². The molecule has 0 saturated carbocycles. The van der Waals surface area contributed by atoms with Gasteiger partial charge in [-0.15, -0.1) is 0 Å². The Balaban J connectivity index is 1.62. The molecule has 276 valence electrons.